The lowest BCUT2D eigenvalue weighted by Crippen LogP contribution is -2.13. The van der Waals surface area contributed by atoms with Gasteiger partial charge in [-0.2, -0.15) is 0 Å². The van der Waals surface area contributed by atoms with Gasteiger partial charge in [-0.15, -0.1) is 23.7 Å². The van der Waals surface area contributed by atoms with E-state index in [1.54, 1.807) is 0 Å². The number of rotatable bonds is 1. The van der Waals surface area contributed by atoms with Gasteiger partial charge in [0.15, 0.2) is 5.13 Å². The van der Waals surface area contributed by atoms with Gasteiger partial charge in [-0.05, 0) is 19.4 Å². The highest BCUT2D eigenvalue weighted by atomic mass is 35.5. The molecule has 2 rings (SSSR count). The van der Waals surface area contributed by atoms with Crippen LogP contribution in [0.4, 0.5) is 5.13 Å². The molecular formula is C7H12ClN3S. The third-order valence-electron chi connectivity index (χ3n) is 1.96. The number of aromatic nitrogens is 1. The van der Waals surface area contributed by atoms with Gasteiger partial charge >= 0.3 is 0 Å². The minimum Gasteiger partial charge on any atom is -0.375 e. The monoisotopic (exact) mass is 205 g/mol. The van der Waals surface area contributed by atoms with Crippen molar-refractivity contribution in [3.63, 3.8) is 0 Å². The van der Waals surface area contributed by atoms with Crippen LogP contribution in [0.5, 0.6) is 0 Å². The van der Waals surface area contributed by atoms with Crippen LogP contribution in [0.2, 0.25) is 0 Å². The third-order valence-corrected chi connectivity index (χ3v) is 2.65. The van der Waals surface area contributed by atoms with Crippen molar-refractivity contribution in [2.24, 2.45) is 0 Å². The Kier molecular flexibility index (Phi) is 3.31. The number of nitrogens with two attached hydrogens (primary N) is 1. The molecule has 0 unspecified atom stereocenters. The molecule has 1 aromatic heterocycles. The number of thiazole rings is 1. The molecule has 1 saturated heterocycles. The summed E-state index contributed by atoms with van der Waals surface area (Å²) < 4.78 is 0. The zero-order chi connectivity index (χ0) is 7.68. The second-order valence-corrected chi connectivity index (χ2v) is 3.65. The second kappa shape index (κ2) is 4.07. The lowest BCUT2D eigenvalue weighted by molar-refractivity contribution is 0.632. The Bertz CT molecular complexity index is 245. The minimum atomic E-state index is 0. The molecule has 1 aliphatic rings. The van der Waals surface area contributed by atoms with Gasteiger partial charge in [0, 0.05) is 5.38 Å². The van der Waals surface area contributed by atoms with E-state index in [1.807, 2.05) is 5.38 Å². The predicted molar refractivity (Wildman–Crippen MR) is 53.8 cm³/mol. The van der Waals surface area contributed by atoms with Gasteiger partial charge < -0.3 is 11.1 Å². The fourth-order valence-corrected chi connectivity index (χ4v) is 2.01. The van der Waals surface area contributed by atoms with Crippen molar-refractivity contribution in [2.75, 3.05) is 12.3 Å². The first-order valence-corrected chi connectivity index (χ1v) is 4.68. The summed E-state index contributed by atoms with van der Waals surface area (Å²) in [7, 11) is 0. The van der Waals surface area contributed by atoms with Gasteiger partial charge in [0.25, 0.3) is 0 Å². The Labute approximate surface area is 81.8 Å². The molecule has 0 amide bonds. The van der Waals surface area contributed by atoms with Gasteiger partial charge in [0.1, 0.15) is 0 Å². The lowest BCUT2D eigenvalue weighted by atomic mass is 10.2. The average Bonchev–Trinajstić information content (AvgIpc) is 2.55. The molecule has 0 aliphatic carbocycles. The molecule has 1 aliphatic heterocycles. The van der Waals surface area contributed by atoms with Gasteiger partial charge in [-0.25, -0.2) is 4.98 Å². The minimum absolute atomic E-state index is 0. The summed E-state index contributed by atoms with van der Waals surface area (Å²) in [5.41, 5.74) is 6.64. The fraction of sp³-hybridized carbons (Fsp3) is 0.571. The van der Waals surface area contributed by atoms with Crippen LogP contribution >= 0.6 is 23.7 Å². The van der Waals surface area contributed by atoms with Crippen LogP contribution in [0.1, 0.15) is 24.6 Å². The van der Waals surface area contributed by atoms with Crippen LogP contribution < -0.4 is 11.1 Å². The predicted octanol–water partition coefficient (Wildman–Crippen LogP) is 1.57. The van der Waals surface area contributed by atoms with Gasteiger partial charge in [0.2, 0.25) is 0 Å². The summed E-state index contributed by atoms with van der Waals surface area (Å²) in [5, 5.41) is 6.09. The molecule has 0 bridgehead atoms. The molecule has 1 aromatic rings. The Morgan fingerprint density at radius 2 is 2.50 bits per heavy atom. The van der Waals surface area contributed by atoms with Crippen molar-refractivity contribution in [1.29, 1.82) is 0 Å². The van der Waals surface area contributed by atoms with Crippen LogP contribution in [0, 0.1) is 0 Å². The molecule has 3 N–H and O–H groups in total. The van der Waals surface area contributed by atoms with E-state index in [9.17, 15) is 0 Å². The molecule has 3 nitrogen and oxygen atoms in total. The van der Waals surface area contributed by atoms with E-state index in [4.69, 9.17) is 5.73 Å². The van der Waals surface area contributed by atoms with Gasteiger partial charge in [-0.3, -0.25) is 0 Å². The maximum atomic E-state index is 5.53. The summed E-state index contributed by atoms with van der Waals surface area (Å²) in [6.45, 7) is 1.11. The number of nitrogens with zero attached hydrogens (tertiary/aromatic N) is 1. The molecule has 2 heterocycles. The fourth-order valence-electron chi connectivity index (χ4n) is 1.40. The highest BCUT2D eigenvalue weighted by Gasteiger charge is 2.17. The number of nitrogen functional groups attached to an aromatic ring is 1. The van der Waals surface area contributed by atoms with E-state index >= 15 is 0 Å². The Hall–Kier alpha value is -0.320. The number of halogens is 1. The molecule has 5 heteroatoms. The smallest absolute Gasteiger partial charge is 0.180 e. The Morgan fingerprint density at radius 3 is 3.00 bits per heavy atom. The Morgan fingerprint density at radius 1 is 1.67 bits per heavy atom. The average molecular weight is 206 g/mol. The molecule has 0 saturated carbocycles. The van der Waals surface area contributed by atoms with Crippen molar-refractivity contribution in [2.45, 2.75) is 18.9 Å². The molecule has 1 fully saturated rings. The van der Waals surface area contributed by atoms with E-state index in [0.717, 1.165) is 12.2 Å². The highest BCUT2D eigenvalue weighted by molar-refractivity contribution is 7.13. The number of nitrogens with one attached hydrogen (secondary N) is 1. The summed E-state index contributed by atoms with van der Waals surface area (Å²) in [6.07, 6.45) is 2.45. The third kappa shape index (κ3) is 1.88. The molecule has 0 aromatic carbocycles. The maximum absolute atomic E-state index is 5.53. The first kappa shape index (κ1) is 9.77. The second-order valence-electron chi connectivity index (χ2n) is 2.76. The van der Waals surface area contributed by atoms with Crippen molar-refractivity contribution in [1.82, 2.24) is 10.3 Å². The summed E-state index contributed by atoms with van der Waals surface area (Å²) in [4.78, 5) is 4.23. The maximum Gasteiger partial charge on any atom is 0.180 e. The van der Waals surface area contributed by atoms with Crippen molar-refractivity contribution >= 4 is 28.9 Å². The van der Waals surface area contributed by atoms with Crippen LogP contribution in [0.15, 0.2) is 5.38 Å². The van der Waals surface area contributed by atoms with Crippen molar-refractivity contribution in [3.8, 4) is 0 Å². The van der Waals surface area contributed by atoms with Crippen LogP contribution in [0.25, 0.3) is 0 Å². The highest BCUT2D eigenvalue weighted by Crippen LogP contribution is 2.24. The zero-order valence-corrected chi connectivity index (χ0v) is 8.25. The van der Waals surface area contributed by atoms with Gasteiger partial charge in [-0.1, -0.05) is 0 Å². The van der Waals surface area contributed by atoms with Crippen LogP contribution in [-0.2, 0) is 0 Å². The number of anilines is 1. The van der Waals surface area contributed by atoms with Crippen molar-refractivity contribution < 1.29 is 0 Å². The lowest BCUT2D eigenvalue weighted by Gasteiger charge is -2.04. The van der Waals surface area contributed by atoms with E-state index in [0.29, 0.717) is 11.2 Å². The summed E-state index contributed by atoms with van der Waals surface area (Å²) in [6, 6.07) is 0.462. The Balaban J connectivity index is 0.000000720. The first-order valence-electron chi connectivity index (χ1n) is 3.80. The van der Waals surface area contributed by atoms with Gasteiger partial charge in [0.05, 0.1) is 11.7 Å². The molecule has 0 spiro atoms. The molecule has 1 atom stereocenters. The first-order chi connectivity index (χ1) is 5.36. The van der Waals surface area contributed by atoms with E-state index in [2.05, 4.69) is 10.3 Å². The zero-order valence-electron chi connectivity index (χ0n) is 6.62. The topological polar surface area (TPSA) is 50.9 Å². The van der Waals surface area contributed by atoms with E-state index < -0.39 is 0 Å². The molecule has 68 valence electrons. The largest absolute Gasteiger partial charge is 0.375 e. The quantitative estimate of drug-likeness (QED) is 0.732. The summed E-state index contributed by atoms with van der Waals surface area (Å²) in [5.74, 6) is 0. The molecule has 12 heavy (non-hydrogen) atoms. The molecule has 0 radical (unpaired) electrons. The standard InChI is InChI=1S/C7H11N3S.ClH/c8-7-10-6(4-11-7)5-2-1-3-9-5;/h4-5,9H,1-3H2,(H2,8,10);1H/t5-;/m1./s1. The van der Waals surface area contributed by atoms with E-state index in [-0.39, 0.29) is 12.4 Å². The van der Waals surface area contributed by atoms with Crippen molar-refractivity contribution in [3.05, 3.63) is 11.1 Å². The van der Waals surface area contributed by atoms with Crippen LogP contribution in [0.3, 0.4) is 0 Å². The number of hydrogen-bond acceptors (Lipinski definition) is 4. The van der Waals surface area contributed by atoms with Crippen LogP contribution in [-0.4, -0.2) is 11.5 Å². The van der Waals surface area contributed by atoms with E-state index in [1.165, 1.54) is 24.2 Å². The SMILES string of the molecule is Cl.Nc1nc([C@H]2CCCN2)cs1. The summed E-state index contributed by atoms with van der Waals surface area (Å²) >= 11 is 1.52. The number of hydrogen-bond donors (Lipinski definition) is 2. The molecular weight excluding hydrogens is 194 g/mol. The normalized spacial score (nSPS) is 22.2.